The number of hydrogen-bond acceptors (Lipinski definition) is 1. The van der Waals surface area contributed by atoms with Crippen LogP contribution < -0.4 is 4.90 Å². The first-order valence-corrected chi connectivity index (χ1v) is 6.09. The fourth-order valence-corrected chi connectivity index (χ4v) is 1.93. The van der Waals surface area contributed by atoms with E-state index >= 15 is 0 Å². The van der Waals surface area contributed by atoms with E-state index in [-0.39, 0.29) is 5.38 Å². The van der Waals surface area contributed by atoms with Crippen LogP contribution in [-0.4, -0.2) is 18.5 Å². The van der Waals surface area contributed by atoms with Crippen molar-refractivity contribution in [2.24, 2.45) is 0 Å². The summed E-state index contributed by atoms with van der Waals surface area (Å²) in [5.74, 6) is 0. The van der Waals surface area contributed by atoms with E-state index in [9.17, 15) is 0 Å². The van der Waals surface area contributed by atoms with Crippen LogP contribution in [0.1, 0.15) is 26.3 Å². The zero-order valence-electron chi connectivity index (χ0n) is 9.83. The van der Waals surface area contributed by atoms with Crippen molar-refractivity contribution in [1.82, 2.24) is 0 Å². The largest absolute Gasteiger partial charge is 0.372 e. The standard InChI is InChI=1S/C13H20ClN/c1-4-15(5-2)13-8-6-12(7-9-13)10-11(3)14/h6-9,11H,4-5,10H2,1-3H3. The average molecular weight is 226 g/mol. The van der Waals surface area contributed by atoms with Crippen molar-refractivity contribution >= 4 is 17.3 Å². The van der Waals surface area contributed by atoms with Gasteiger partial charge in [-0.2, -0.15) is 0 Å². The molecule has 2 heteroatoms. The lowest BCUT2D eigenvalue weighted by atomic mass is 10.1. The maximum atomic E-state index is 5.96. The van der Waals surface area contributed by atoms with Gasteiger partial charge in [0, 0.05) is 24.2 Å². The van der Waals surface area contributed by atoms with Gasteiger partial charge in [-0.1, -0.05) is 12.1 Å². The van der Waals surface area contributed by atoms with Gasteiger partial charge in [0.15, 0.2) is 0 Å². The van der Waals surface area contributed by atoms with Gasteiger partial charge in [0.05, 0.1) is 0 Å². The molecule has 1 atom stereocenters. The number of benzene rings is 1. The molecule has 1 nitrogen and oxygen atoms in total. The Morgan fingerprint density at radius 3 is 2.07 bits per heavy atom. The van der Waals surface area contributed by atoms with E-state index in [0.717, 1.165) is 19.5 Å². The average Bonchev–Trinajstić information content (AvgIpc) is 2.21. The smallest absolute Gasteiger partial charge is 0.0366 e. The molecule has 0 aliphatic heterocycles. The fraction of sp³-hybridized carbons (Fsp3) is 0.538. The number of alkyl halides is 1. The first-order valence-electron chi connectivity index (χ1n) is 5.65. The van der Waals surface area contributed by atoms with Gasteiger partial charge in [-0.3, -0.25) is 0 Å². The van der Waals surface area contributed by atoms with Crippen LogP contribution in [-0.2, 0) is 6.42 Å². The van der Waals surface area contributed by atoms with Crippen LogP contribution >= 0.6 is 11.6 Å². The highest BCUT2D eigenvalue weighted by Gasteiger charge is 2.02. The van der Waals surface area contributed by atoms with Crippen LogP contribution in [0.15, 0.2) is 24.3 Å². The van der Waals surface area contributed by atoms with Crippen LogP contribution in [0.3, 0.4) is 0 Å². The van der Waals surface area contributed by atoms with E-state index in [4.69, 9.17) is 11.6 Å². The van der Waals surface area contributed by atoms with Gasteiger partial charge in [0.1, 0.15) is 0 Å². The SMILES string of the molecule is CCN(CC)c1ccc(CC(C)Cl)cc1. The Hall–Kier alpha value is -0.690. The molecule has 1 unspecified atom stereocenters. The molecule has 0 N–H and O–H groups in total. The van der Waals surface area contributed by atoms with Gasteiger partial charge >= 0.3 is 0 Å². The van der Waals surface area contributed by atoms with Gasteiger partial charge in [0.2, 0.25) is 0 Å². The van der Waals surface area contributed by atoms with Crippen molar-refractivity contribution < 1.29 is 0 Å². The van der Waals surface area contributed by atoms with Gasteiger partial charge in [-0.05, 0) is 44.9 Å². The molecule has 0 radical (unpaired) electrons. The van der Waals surface area contributed by atoms with Crippen LogP contribution in [0, 0.1) is 0 Å². The Bertz CT molecular complexity index is 275. The van der Waals surface area contributed by atoms with E-state index in [2.05, 4.69) is 43.0 Å². The van der Waals surface area contributed by atoms with E-state index in [1.165, 1.54) is 11.3 Å². The van der Waals surface area contributed by atoms with E-state index in [1.54, 1.807) is 0 Å². The zero-order chi connectivity index (χ0) is 11.3. The Morgan fingerprint density at radius 1 is 1.13 bits per heavy atom. The van der Waals surface area contributed by atoms with Crippen molar-refractivity contribution in [1.29, 1.82) is 0 Å². The second-order valence-electron chi connectivity index (χ2n) is 3.82. The van der Waals surface area contributed by atoms with Crippen LogP contribution in [0.25, 0.3) is 0 Å². The Balaban J connectivity index is 2.71. The molecule has 0 bridgehead atoms. The van der Waals surface area contributed by atoms with Crippen LogP contribution in [0.5, 0.6) is 0 Å². The monoisotopic (exact) mass is 225 g/mol. The molecule has 0 saturated heterocycles. The summed E-state index contributed by atoms with van der Waals surface area (Å²) < 4.78 is 0. The second kappa shape index (κ2) is 6.02. The molecule has 15 heavy (non-hydrogen) atoms. The molecule has 0 aromatic heterocycles. The van der Waals surface area contributed by atoms with Crippen LogP contribution in [0.4, 0.5) is 5.69 Å². The molecule has 84 valence electrons. The predicted octanol–water partition coefficient (Wildman–Crippen LogP) is 3.70. The molecule has 0 spiro atoms. The molecule has 1 aromatic rings. The lowest BCUT2D eigenvalue weighted by Gasteiger charge is -2.21. The highest BCUT2D eigenvalue weighted by Crippen LogP contribution is 2.16. The number of hydrogen-bond donors (Lipinski definition) is 0. The summed E-state index contributed by atoms with van der Waals surface area (Å²) in [7, 11) is 0. The summed E-state index contributed by atoms with van der Waals surface area (Å²) in [5, 5.41) is 0.212. The van der Waals surface area contributed by atoms with Gasteiger partial charge in [-0.15, -0.1) is 11.6 Å². The van der Waals surface area contributed by atoms with Gasteiger partial charge in [-0.25, -0.2) is 0 Å². The third kappa shape index (κ3) is 3.75. The maximum absolute atomic E-state index is 5.96. The second-order valence-corrected chi connectivity index (χ2v) is 4.57. The summed E-state index contributed by atoms with van der Waals surface area (Å²) in [6, 6.07) is 8.71. The molecule has 0 fully saturated rings. The summed E-state index contributed by atoms with van der Waals surface area (Å²) >= 11 is 5.96. The van der Waals surface area contributed by atoms with Crippen LogP contribution in [0.2, 0.25) is 0 Å². The van der Waals surface area contributed by atoms with E-state index in [0.29, 0.717) is 0 Å². The summed E-state index contributed by atoms with van der Waals surface area (Å²) in [6.45, 7) is 8.50. The number of rotatable bonds is 5. The summed E-state index contributed by atoms with van der Waals surface area (Å²) in [4.78, 5) is 2.34. The molecule has 0 aliphatic rings. The van der Waals surface area contributed by atoms with Gasteiger partial charge < -0.3 is 4.90 Å². The van der Waals surface area contributed by atoms with E-state index < -0.39 is 0 Å². The summed E-state index contributed by atoms with van der Waals surface area (Å²) in [6.07, 6.45) is 0.945. The Morgan fingerprint density at radius 2 is 1.67 bits per heavy atom. The Kier molecular flexibility index (Phi) is 4.97. The third-order valence-electron chi connectivity index (χ3n) is 2.58. The number of nitrogens with zero attached hydrogens (tertiary/aromatic N) is 1. The quantitative estimate of drug-likeness (QED) is 0.691. The molecule has 0 heterocycles. The highest BCUT2D eigenvalue weighted by atomic mass is 35.5. The van der Waals surface area contributed by atoms with Crippen molar-refractivity contribution in [3.63, 3.8) is 0 Å². The van der Waals surface area contributed by atoms with Crippen molar-refractivity contribution in [2.45, 2.75) is 32.6 Å². The van der Waals surface area contributed by atoms with E-state index in [1.807, 2.05) is 6.92 Å². The van der Waals surface area contributed by atoms with Crippen molar-refractivity contribution in [3.8, 4) is 0 Å². The molecule has 0 aliphatic carbocycles. The maximum Gasteiger partial charge on any atom is 0.0366 e. The topological polar surface area (TPSA) is 3.24 Å². The minimum atomic E-state index is 0.212. The lowest BCUT2D eigenvalue weighted by Crippen LogP contribution is -2.21. The lowest BCUT2D eigenvalue weighted by molar-refractivity contribution is 0.864. The van der Waals surface area contributed by atoms with Gasteiger partial charge in [0.25, 0.3) is 0 Å². The zero-order valence-corrected chi connectivity index (χ0v) is 10.6. The number of anilines is 1. The predicted molar refractivity (Wildman–Crippen MR) is 69.0 cm³/mol. The Labute approximate surface area is 98.0 Å². The molecule has 0 amide bonds. The molecular weight excluding hydrogens is 206 g/mol. The molecule has 0 saturated carbocycles. The first kappa shape index (κ1) is 12.4. The minimum Gasteiger partial charge on any atom is -0.372 e. The van der Waals surface area contributed by atoms with Crippen molar-refractivity contribution in [3.05, 3.63) is 29.8 Å². The fourth-order valence-electron chi connectivity index (χ4n) is 1.76. The number of halogens is 1. The van der Waals surface area contributed by atoms with Crippen molar-refractivity contribution in [2.75, 3.05) is 18.0 Å². The summed E-state index contributed by atoms with van der Waals surface area (Å²) in [5.41, 5.74) is 2.61. The molecular formula is C13H20ClN. The normalized spacial score (nSPS) is 12.5. The first-order chi connectivity index (χ1) is 7.17. The minimum absolute atomic E-state index is 0.212. The molecule has 1 aromatic carbocycles. The highest BCUT2D eigenvalue weighted by molar-refractivity contribution is 6.20. The third-order valence-corrected chi connectivity index (χ3v) is 2.74. The molecule has 1 rings (SSSR count).